The van der Waals surface area contributed by atoms with Crippen LogP contribution in [0.2, 0.25) is 0 Å². The zero-order valence-electron chi connectivity index (χ0n) is 13.3. The Morgan fingerprint density at radius 3 is 1.33 bits per heavy atom. The van der Waals surface area contributed by atoms with Crippen LogP contribution >= 0.6 is 0 Å². The van der Waals surface area contributed by atoms with E-state index in [1.165, 1.54) is 0 Å². The zero-order chi connectivity index (χ0) is 17.1. The van der Waals surface area contributed by atoms with E-state index in [1.54, 1.807) is 41.5 Å². The number of ether oxygens (including phenoxy) is 3. The molecule has 0 unspecified atom stereocenters. The quantitative estimate of drug-likeness (QED) is 0.456. The van der Waals surface area contributed by atoms with Gasteiger partial charge in [0.05, 0.1) is 13.2 Å². The van der Waals surface area contributed by atoms with Crippen LogP contribution in [0.25, 0.3) is 0 Å². The molecule has 0 aromatic rings. The summed E-state index contributed by atoms with van der Waals surface area (Å²) in [5, 5.41) is 18.2. The van der Waals surface area contributed by atoms with Crippen LogP contribution in [0.15, 0.2) is 0 Å². The normalized spacial score (nSPS) is 10.3. The summed E-state index contributed by atoms with van der Waals surface area (Å²) in [6, 6.07) is 0. The lowest BCUT2D eigenvalue weighted by Gasteiger charge is -2.10. The highest BCUT2D eigenvalue weighted by Gasteiger charge is 2.11. The van der Waals surface area contributed by atoms with Crippen molar-refractivity contribution in [3.63, 3.8) is 0 Å². The second-order valence-electron chi connectivity index (χ2n) is 4.84. The van der Waals surface area contributed by atoms with Gasteiger partial charge in [-0.2, -0.15) is 0 Å². The minimum absolute atomic E-state index is 0.165. The molecule has 0 heterocycles. The first-order valence-electron chi connectivity index (χ1n) is 6.41. The summed E-state index contributed by atoms with van der Waals surface area (Å²) in [7, 11) is 0. The number of rotatable bonds is 2. The predicted octanol–water partition coefficient (Wildman–Crippen LogP) is 1.85. The molecular formula is C14H24O7. The van der Waals surface area contributed by atoms with Gasteiger partial charge in [-0.25, -0.2) is 9.59 Å². The van der Waals surface area contributed by atoms with Crippen LogP contribution in [0.1, 0.15) is 41.5 Å². The number of hydrogen-bond acceptors (Lipinski definition) is 7. The van der Waals surface area contributed by atoms with Crippen molar-refractivity contribution in [3.05, 3.63) is 0 Å². The maximum Gasteiger partial charge on any atom is 0.518 e. The van der Waals surface area contributed by atoms with E-state index in [2.05, 4.69) is 26.1 Å². The van der Waals surface area contributed by atoms with Crippen molar-refractivity contribution >= 4 is 12.3 Å². The summed E-state index contributed by atoms with van der Waals surface area (Å²) in [4.78, 5) is 20.8. The lowest BCUT2D eigenvalue weighted by atomic mass is 10.1. The molecule has 0 aliphatic carbocycles. The van der Waals surface area contributed by atoms with E-state index in [9.17, 15) is 9.59 Å². The fraction of sp³-hybridized carbons (Fsp3) is 0.714. The first-order valence-corrected chi connectivity index (χ1v) is 6.41. The molecule has 122 valence electrons. The zero-order valence-corrected chi connectivity index (χ0v) is 13.3. The summed E-state index contributed by atoms with van der Waals surface area (Å²) >= 11 is 0. The molecule has 2 N–H and O–H groups in total. The molecule has 0 saturated heterocycles. The number of carbonyl (C=O) groups excluding carboxylic acids is 2. The maximum absolute atomic E-state index is 10.4. The van der Waals surface area contributed by atoms with E-state index >= 15 is 0 Å². The summed E-state index contributed by atoms with van der Waals surface area (Å²) < 4.78 is 12.6. The van der Waals surface area contributed by atoms with E-state index in [1.807, 2.05) is 0 Å². The topological polar surface area (TPSA) is 102 Å². The smallest absolute Gasteiger partial charge is 0.434 e. The fourth-order valence-electron chi connectivity index (χ4n) is 0.669. The van der Waals surface area contributed by atoms with Gasteiger partial charge in [-0.3, -0.25) is 0 Å². The molecule has 7 heteroatoms. The Kier molecular flexibility index (Phi) is 10.3. The first-order chi connectivity index (χ1) is 9.41. The van der Waals surface area contributed by atoms with E-state index in [0.717, 1.165) is 0 Å². The van der Waals surface area contributed by atoms with Gasteiger partial charge in [0.2, 0.25) is 0 Å². The number of carbonyl (C=O) groups is 2. The lowest BCUT2D eigenvalue weighted by Crippen LogP contribution is -2.20. The van der Waals surface area contributed by atoms with Gasteiger partial charge < -0.3 is 24.4 Å². The van der Waals surface area contributed by atoms with E-state index in [-0.39, 0.29) is 13.2 Å². The third kappa shape index (κ3) is 20.7. The van der Waals surface area contributed by atoms with E-state index in [4.69, 9.17) is 10.2 Å². The van der Waals surface area contributed by atoms with Crippen LogP contribution < -0.4 is 0 Å². The second-order valence-corrected chi connectivity index (χ2v) is 4.84. The van der Waals surface area contributed by atoms with Crippen LogP contribution in [0.3, 0.4) is 0 Å². The molecule has 0 spiro atoms. The molecule has 0 aliphatic heterocycles. The highest BCUT2D eigenvalue weighted by molar-refractivity contribution is 5.76. The average molecular weight is 304 g/mol. The van der Waals surface area contributed by atoms with Crippen molar-refractivity contribution in [1.82, 2.24) is 0 Å². The molecule has 0 aromatic heterocycles. The Balaban J connectivity index is 0. The molecule has 7 nitrogen and oxygen atoms in total. The summed E-state index contributed by atoms with van der Waals surface area (Å²) in [6.07, 6.45) is -2.07. The number of aliphatic hydroxyl groups is 2. The summed E-state index contributed by atoms with van der Waals surface area (Å²) in [6.45, 7) is 9.84. The third-order valence-corrected chi connectivity index (χ3v) is 1.37. The standard InChI is InChI=1S/C8H14O2.C6H10O5/c1-7(2,9)5-6-8(3,4)10;1-3-9-5(7)11-6(8)10-4-2/h9-10H,1-4H3;3-4H2,1-2H3. The van der Waals surface area contributed by atoms with Crippen molar-refractivity contribution < 1.29 is 34.0 Å². The lowest BCUT2D eigenvalue weighted by molar-refractivity contribution is 0.0409. The molecule has 0 amide bonds. The largest absolute Gasteiger partial charge is 0.518 e. The van der Waals surface area contributed by atoms with Gasteiger partial charge in [0, 0.05) is 0 Å². The van der Waals surface area contributed by atoms with Gasteiger partial charge in [-0.1, -0.05) is 11.8 Å². The van der Waals surface area contributed by atoms with Crippen LogP contribution in [0, 0.1) is 11.8 Å². The highest BCUT2D eigenvalue weighted by Crippen LogP contribution is 2.01. The number of hydrogen-bond donors (Lipinski definition) is 2. The van der Waals surface area contributed by atoms with Crippen molar-refractivity contribution in [2.24, 2.45) is 0 Å². The van der Waals surface area contributed by atoms with Gasteiger partial charge >= 0.3 is 12.3 Å². The fourth-order valence-corrected chi connectivity index (χ4v) is 0.669. The van der Waals surface area contributed by atoms with Crippen LogP contribution in [-0.4, -0.2) is 46.9 Å². The monoisotopic (exact) mass is 304 g/mol. The van der Waals surface area contributed by atoms with Crippen molar-refractivity contribution in [1.29, 1.82) is 0 Å². The van der Waals surface area contributed by atoms with Crippen LogP contribution in [0.4, 0.5) is 9.59 Å². The van der Waals surface area contributed by atoms with E-state index in [0.29, 0.717) is 0 Å². The molecule has 0 rings (SSSR count). The van der Waals surface area contributed by atoms with Gasteiger partial charge in [0.1, 0.15) is 11.2 Å². The minimum atomic E-state index is -1.04. The van der Waals surface area contributed by atoms with Gasteiger partial charge in [0.15, 0.2) is 0 Å². The van der Waals surface area contributed by atoms with E-state index < -0.39 is 23.5 Å². The summed E-state index contributed by atoms with van der Waals surface area (Å²) in [5.41, 5.74) is -2.03. The van der Waals surface area contributed by atoms with Crippen LogP contribution in [-0.2, 0) is 14.2 Å². The van der Waals surface area contributed by atoms with Crippen LogP contribution in [0.5, 0.6) is 0 Å². The Labute approximate surface area is 125 Å². The van der Waals surface area contributed by atoms with Crippen molar-refractivity contribution in [3.8, 4) is 11.8 Å². The predicted molar refractivity (Wildman–Crippen MR) is 75.5 cm³/mol. The molecule has 0 aromatic carbocycles. The second kappa shape index (κ2) is 10.0. The van der Waals surface area contributed by atoms with Gasteiger partial charge in [-0.05, 0) is 41.5 Å². The molecule has 0 atom stereocenters. The molecule has 21 heavy (non-hydrogen) atoms. The maximum atomic E-state index is 10.4. The highest BCUT2D eigenvalue weighted by atomic mass is 16.8. The molecule has 0 aliphatic rings. The Hall–Kier alpha value is -1.78. The Bertz CT molecular complexity index is 343. The third-order valence-electron chi connectivity index (χ3n) is 1.37. The summed E-state index contributed by atoms with van der Waals surface area (Å²) in [5.74, 6) is 5.03. The molecule has 0 bridgehead atoms. The van der Waals surface area contributed by atoms with Crippen molar-refractivity contribution in [2.45, 2.75) is 52.7 Å². The average Bonchev–Trinajstić information content (AvgIpc) is 2.26. The van der Waals surface area contributed by atoms with Gasteiger partial charge in [-0.15, -0.1) is 0 Å². The molecule has 0 saturated carbocycles. The van der Waals surface area contributed by atoms with Gasteiger partial charge in [0.25, 0.3) is 0 Å². The molecule has 0 fully saturated rings. The van der Waals surface area contributed by atoms with Crippen molar-refractivity contribution in [2.75, 3.05) is 13.2 Å². The SMILES string of the molecule is CC(C)(O)C#CC(C)(C)O.CCOC(=O)OC(=O)OCC. The molecule has 0 radical (unpaired) electrons. The Morgan fingerprint density at radius 2 is 1.14 bits per heavy atom. The first kappa shape index (κ1) is 21.5. The Morgan fingerprint density at radius 1 is 0.857 bits per heavy atom. The minimum Gasteiger partial charge on any atom is -0.434 e. The molecular weight excluding hydrogens is 280 g/mol.